The van der Waals surface area contributed by atoms with Gasteiger partial charge in [-0.15, -0.1) is 0 Å². The quantitative estimate of drug-likeness (QED) is 0.799. The van der Waals surface area contributed by atoms with E-state index in [1.807, 2.05) is 4.90 Å². The molecule has 1 aliphatic rings. The molecule has 21 heavy (non-hydrogen) atoms. The van der Waals surface area contributed by atoms with Crippen LogP contribution in [0.15, 0.2) is 29.2 Å². The monoisotopic (exact) mass is 311 g/mol. The van der Waals surface area contributed by atoms with Crippen LogP contribution in [0.5, 0.6) is 0 Å². The molecular weight excluding hydrogens is 290 g/mol. The first-order chi connectivity index (χ1) is 9.81. The summed E-state index contributed by atoms with van der Waals surface area (Å²) in [6.07, 6.45) is 1.82. The predicted molar refractivity (Wildman–Crippen MR) is 80.4 cm³/mol. The Bertz CT molecular complexity index is 613. The zero-order chi connectivity index (χ0) is 15.6. The van der Waals surface area contributed by atoms with Crippen LogP contribution < -0.4 is 11.1 Å². The Kier molecular flexibility index (Phi) is 4.65. The molecule has 0 aliphatic carbocycles. The van der Waals surface area contributed by atoms with Gasteiger partial charge in [0.25, 0.3) is 0 Å². The van der Waals surface area contributed by atoms with E-state index in [9.17, 15) is 13.2 Å². The smallest absolute Gasteiger partial charge is 0.237 e. The SMILES string of the molecule is CNC(=O)[C@@H]1C[C@H](N)CN1Cc1ccc(S(C)(=O)=O)cc1. The van der Waals surface area contributed by atoms with E-state index in [2.05, 4.69) is 5.32 Å². The van der Waals surface area contributed by atoms with Gasteiger partial charge in [-0.3, -0.25) is 9.69 Å². The summed E-state index contributed by atoms with van der Waals surface area (Å²) in [5, 5.41) is 2.66. The second-order valence-electron chi connectivity index (χ2n) is 5.47. The molecule has 1 heterocycles. The number of hydrogen-bond acceptors (Lipinski definition) is 5. The predicted octanol–water partition coefficient (Wildman–Crippen LogP) is -0.262. The van der Waals surface area contributed by atoms with Gasteiger partial charge in [-0.1, -0.05) is 12.1 Å². The fraction of sp³-hybridized carbons (Fsp3) is 0.500. The number of nitrogens with one attached hydrogen (secondary N) is 1. The molecule has 6 nitrogen and oxygen atoms in total. The van der Waals surface area contributed by atoms with Gasteiger partial charge in [0, 0.05) is 32.4 Å². The van der Waals surface area contributed by atoms with Crippen LogP contribution in [0.3, 0.4) is 0 Å². The number of benzene rings is 1. The Morgan fingerprint density at radius 1 is 1.38 bits per heavy atom. The Hall–Kier alpha value is -1.44. The van der Waals surface area contributed by atoms with Crippen molar-refractivity contribution in [1.29, 1.82) is 0 Å². The molecule has 1 fully saturated rings. The molecule has 2 atom stereocenters. The Morgan fingerprint density at radius 2 is 2.00 bits per heavy atom. The fourth-order valence-corrected chi connectivity index (χ4v) is 3.26. The van der Waals surface area contributed by atoms with Crippen LogP contribution in [0, 0.1) is 0 Å². The number of nitrogens with two attached hydrogens (primary N) is 1. The highest BCUT2D eigenvalue weighted by molar-refractivity contribution is 7.90. The first-order valence-corrected chi connectivity index (χ1v) is 8.70. The summed E-state index contributed by atoms with van der Waals surface area (Å²) in [6, 6.07) is 6.51. The zero-order valence-corrected chi connectivity index (χ0v) is 13.1. The van der Waals surface area contributed by atoms with E-state index < -0.39 is 9.84 Å². The molecule has 0 spiro atoms. The lowest BCUT2D eigenvalue weighted by molar-refractivity contribution is -0.125. The molecular formula is C14H21N3O3S. The summed E-state index contributed by atoms with van der Waals surface area (Å²) in [4.78, 5) is 14.2. The maximum Gasteiger partial charge on any atom is 0.237 e. The number of rotatable bonds is 4. The highest BCUT2D eigenvalue weighted by Gasteiger charge is 2.34. The molecule has 2 rings (SSSR count). The van der Waals surface area contributed by atoms with Gasteiger partial charge in [0.1, 0.15) is 0 Å². The average molecular weight is 311 g/mol. The lowest BCUT2D eigenvalue weighted by Gasteiger charge is -2.22. The van der Waals surface area contributed by atoms with Crippen molar-refractivity contribution in [3.63, 3.8) is 0 Å². The summed E-state index contributed by atoms with van der Waals surface area (Å²) < 4.78 is 22.9. The molecule has 1 aromatic carbocycles. The average Bonchev–Trinajstić information content (AvgIpc) is 2.78. The number of hydrogen-bond donors (Lipinski definition) is 2. The first-order valence-electron chi connectivity index (χ1n) is 6.81. The van der Waals surface area contributed by atoms with Crippen molar-refractivity contribution in [3.8, 4) is 0 Å². The highest BCUT2D eigenvalue weighted by atomic mass is 32.2. The molecule has 1 aromatic rings. The zero-order valence-electron chi connectivity index (χ0n) is 12.2. The number of nitrogens with zero attached hydrogens (tertiary/aromatic N) is 1. The minimum absolute atomic E-state index is 0.0115. The topological polar surface area (TPSA) is 92.5 Å². The molecule has 0 unspecified atom stereocenters. The second-order valence-corrected chi connectivity index (χ2v) is 7.49. The number of carbonyl (C=O) groups is 1. The van der Waals surface area contributed by atoms with E-state index in [4.69, 9.17) is 5.73 Å². The van der Waals surface area contributed by atoms with E-state index in [0.29, 0.717) is 24.4 Å². The van der Waals surface area contributed by atoms with Gasteiger partial charge in [-0.05, 0) is 24.1 Å². The lowest BCUT2D eigenvalue weighted by atomic mass is 10.1. The molecule has 1 amide bonds. The number of amides is 1. The molecule has 3 N–H and O–H groups in total. The third-order valence-electron chi connectivity index (χ3n) is 3.72. The van der Waals surface area contributed by atoms with E-state index in [0.717, 1.165) is 5.56 Å². The number of likely N-dealkylation sites (N-methyl/N-ethyl adjacent to an activating group) is 1. The van der Waals surface area contributed by atoms with Crippen LogP contribution in [-0.4, -0.2) is 51.2 Å². The van der Waals surface area contributed by atoms with Crippen LogP contribution in [0.25, 0.3) is 0 Å². The van der Waals surface area contributed by atoms with Gasteiger partial charge in [0.15, 0.2) is 9.84 Å². The van der Waals surface area contributed by atoms with Crippen LogP contribution in [-0.2, 0) is 21.2 Å². The Balaban J connectivity index is 2.12. The Morgan fingerprint density at radius 3 is 2.52 bits per heavy atom. The van der Waals surface area contributed by atoms with Gasteiger partial charge < -0.3 is 11.1 Å². The second kappa shape index (κ2) is 6.13. The molecule has 0 bridgehead atoms. The van der Waals surface area contributed by atoms with Crippen molar-refractivity contribution in [2.75, 3.05) is 19.8 Å². The largest absolute Gasteiger partial charge is 0.358 e. The summed E-state index contributed by atoms with van der Waals surface area (Å²) >= 11 is 0. The van der Waals surface area contributed by atoms with Crippen LogP contribution >= 0.6 is 0 Å². The summed E-state index contributed by atoms with van der Waals surface area (Å²) in [5.41, 5.74) is 6.91. The van der Waals surface area contributed by atoms with Crippen molar-refractivity contribution in [3.05, 3.63) is 29.8 Å². The van der Waals surface area contributed by atoms with Gasteiger partial charge >= 0.3 is 0 Å². The number of carbonyl (C=O) groups excluding carboxylic acids is 1. The molecule has 0 aromatic heterocycles. The number of sulfone groups is 1. The molecule has 116 valence electrons. The summed E-state index contributed by atoms with van der Waals surface area (Å²) in [5.74, 6) is -0.0318. The van der Waals surface area contributed by atoms with E-state index in [1.54, 1.807) is 31.3 Å². The van der Waals surface area contributed by atoms with E-state index in [-0.39, 0.29) is 18.0 Å². The normalized spacial score (nSPS) is 23.2. The molecule has 0 saturated carbocycles. The minimum atomic E-state index is -3.18. The summed E-state index contributed by atoms with van der Waals surface area (Å²) in [7, 11) is -1.57. The maximum absolute atomic E-state index is 11.9. The highest BCUT2D eigenvalue weighted by Crippen LogP contribution is 2.20. The van der Waals surface area contributed by atoms with Crippen molar-refractivity contribution in [2.24, 2.45) is 5.73 Å². The summed E-state index contributed by atoms with van der Waals surface area (Å²) in [6.45, 7) is 1.24. The lowest BCUT2D eigenvalue weighted by Crippen LogP contribution is -2.41. The fourth-order valence-electron chi connectivity index (χ4n) is 2.63. The Labute approximate surface area is 125 Å². The van der Waals surface area contributed by atoms with Gasteiger partial charge in [0.2, 0.25) is 5.91 Å². The van der Waals surface area contributed by atoms with Crippen LogP contribution in [0.2, 0.25) is 0 Å². The van der Waals surface area contributed by atoms with E-state index in [1.165, 1.54) is 6.26 Å². The third kappa shape index (κ3) is 3.81. The van der Waals surface area contributed by atoms with Crippen LogP contribution in [0.4, 0.5) is 0 Å². The van der Waals surface area contributed by atoms with Crippen molar-refractivity contribution >= 4 is 15.7 Å². The van der Waals surface area contributed by atoms with E-state index >= 15 is 0 Å². The van der Waals surface area contributed by atoms with Gasteiger partial charge in [-0.2, -0.15) is 0 Å². The first kappa shape index (κ1) is 15.9. The van der Waals surface area contributed by atoms with Crippen LogP contribution in [0.1, 0.15) is 12.0 Å². The molecule has 1 saturated heterocycles. The molecule has 7 heteroatoms. The van der Waals surface area contributed by atoms with Crippen molar-refractivity contribution in [2.45, 2.75) is 29.9 Å². The van der Waals surface area contributed by atoms with Gasteiger partial charge in [0.05, 0.1) is 10.9 Å². The van der Waals surface area contributed by atoms with Gasteiger partial charge in [-0.25, -0.2) is 8.42 Å². The van der Waals surface area contributed by atoms with Crippen molar-refractivity contribution in [1.82, 2.24) is 10.2 Å². The number of likely N-dealkylation sites (tertiary alicyclic amines) is 1. The maximum atomic E-state index is 11.9. The molecule has 0 radical (unpaired) electrons. The standard InChI is InChI=1S/C14H21N3O3S/c1-16-14(18)13-7-11(15)9-17(13)8-10-3-5-12(6-4-10)21(2,19)20/h3-6,11,13H,7-9,15H2,1-2H3,(H,16,18)/t11-,13-/m0/s1. The molecule has 1 aliphatic heterocycles. The third-order valence-corrected chi connectivity index (χ3v) is 4.85. The minimum Gasteiger partial charge on any atom is -0.358 e. The van der Waals surface area contributed by atoms with Crippen molar-refractivity contribution < 1.29 is 13.2 Å².